The van der Waals surface area contributed by atoms with Crippen LogP contribution in [-0.2, 0) is 11.8 Å². The van der Waals surface area contributed by atoms with E-state index in [4.69, 9.17) is 25.4 Å². The Kier molecular flexibility index (Phi) is 6.36. The molecule has 3 nitrogen and oxygen atoms in total. The predicted octanol–water partition coefficient (Wildman–Crippen LogP) is 7.30. The van der Waals surface area contributed by atoms with E-state index in [-0.39, 0.29) is 0 Å². The summed E-state index contributed by atoms with van der Waals surface area (Å²) in [4.78, 5) is 0. The van der Waals surface area contributed by atoms with E-state index in [1.165, 1.54) is 0 Å². The molecule has 0 spiro atoms. The maximum Gasteiger partial charge on any atom is 0.490 e. The molecule has 0 aromatic heterocycles. The number of aryl methyl sites for hydroxylation is 3. The van der Waals surface area contributed by atoms with Crippen LogP contribution in [-0.4, -0.2) is 0 Å². The Morgan fingerprint density at radius 1 is 0.517 bits per heavy atom. The van der Waals surface area contributed by atoms with Crippen molar-refractivity contribution in [3.63, 3.8) is 0 Å². The minimum absolute atomic E-state index is 0.684. The molecule has 0 atom stereocenters. The van der Waals surface area contributed by atoms with Crippen LogP contribution < -0.4 is 13.6 Å². The molecule has 0 radical (unpaired) electrons. The maximum atomic E-state index is 6.29. The Balaban J connectivity index is 2.04. The van der Waals surface area contributed by atoms with Gasteiger partial charge >= 0.3 is 6.72 Å². The molecule has 0 fully saturated rings. The first kappa shape index (κ1) is 21.4. The highest BCUT2D eigenvalue weighted by Gasteiger charge is 2.29. The molecule has 0 bridgehead atoms. The van der Waals surface area contributed by atoms with Crippen LogP contribution in [0.1, 0.15) is 33.4 Å². The van der Waals surface area contributed by atoms with E-state index in [1.54, 1.807) is 0 Å². The van der Waals surface area contributed by atoms with Gasteiger partial charge < -0.3 is 13.6 Å². The Morgan fingerprint density at radius 2 is 0.793 bits per heavy atom. The Labute approximate surface area is 178 Å². The molecule has 3 aromatic carbocycles. The topological polar surface area (TPSA) is 27.7 Å². The summed E-state index contributed by atoms with van der Waals surface area (Å²) in [5, 5.41) is 0. The van der Waals surface area contributed by atoms with Crippen molar-refractivity contribution in [2.24, 2.45) is 0 Å². The molecule has 0 N–H and O–H groups in total. The highest BCUT2D eigenvalue weighted by atomic mass is 32.5. The molecule has 29 heavy (non-hydrogen) atoms. The standard InChI is InChI=1S/C24H27O3PS/c1-16-10-7-13-22(19(16)4)25-28(29,26-23-14-8-11-17(2)20(23)5)27-24-15-9-12-18(3)21(24)6/h7-15H,1-6H3. The second kappa shape index (κ2) is 8.61. The Bertz CT molecular complexity index is 955. The highest BCUT2D eigenvalue weighted by molar-refractivity contribution is 8.08. The van der Waals surface area contributed by atoms with Crippen LogP contribution in [0.3, 0.4) is 0 Å². The summed E-state index contributed by atoms with van der Waals surface area (Å²) in [5.74, 6) is 2.05. The molecule has 152 valence electrons. The average molecular weight is 427 g/mol. The fourth-order valence-corrected chi connectivity index (χ4v) is 5.04. The van der Waals surface area contributed by atoms with Gasteiger partial charge in [-0.2, -0.15) is 0 Å². The summed E-state index contributed by atoms with van der Waals surface area (Å²) in [6.45, 7) is 8.98. The van der Waals surface area contributed by atoms with Crippen LogP contribution in [0.25, 0.3) is 0 Å². The fraction of sp³-hybridized carbons (Fsp3) is 0.250. The van der Waals surface area contributed by atoms with Crippen LogP contribution in [0.15, 0.2) is 54.6 Å². The van der Waals surface area contributed by atoms with Crippen molar-refractivity contribution in [3.05, 3.63) is 88.0 Å². The lowest BCUT2D eigenvalue weighted by molar-refractivity contribution is 0.380. The van der Waals surface area contributed by atoms with Crippen molar-refractivity contribution in [1.29, 1.82) is 0 Å². The van der Waals surface area contributed by atoms with E-state index in [9.17, 15) is 0 Å². The summed E-state index contributed by atoms with van der Waals surface area (Å²) in [7, 11) is 0. The third kappa shape index (κ3) is 4.83. The molecule has 0 saturated carbocycles. The van der Waals surface area contributed by atoms with Crippen LogP contribution in [0.2, 0.25) is 0 Å². The summed E-state index contributed by atoms with van der Waals surface area (Å²) >= 11 is 5.90. The summed E-state index contributed by atoms with van der Waals surface area (Å²) in [6.07, 6.45) is 0. The quantitative estimate of drug-likeness (QED) is 0.387. The van der Waals surface area contributed by atoms with Crippen LogP contribution in [0.5, 0.6) is 17.2 Å². The molecule has 3 rings (SSSR count). The third-order valence-electron chi connectivity index (χ3n) is 5.30. The molecule has 0 aliphatic heterocycles. The van der Waals surface area contributed by atoms with E-state index in [2.05, 4.69) is 0 Å². The summed E-state index contributed by atoms with van der Waals surface area (Å²) < 4.78 is 18.9. The van der Waals surface area contributed by atoms with Gasteiger partial charge in [-0.15, -0.1) is 0 Å². The zero-order chi connectivity index (χ0) is 21.2. The second-order valence-electron chi connectivity index (χ2n) is 7.32. The van der Waals surface area contributed by atoms with Gasteiger partial charge in [0.15, 0.2) is 0 Å². The lowest BCUT2D eigenvalue weighted by Gasteiger charge is -2.26. The monoisotopic (exact) mass is 426 g/mol. The first-order chi connectivity index (χ1) is 13.7. The smallest absolute Gasteiger partial charge is 0.407 e. The van der Waals surface area contributed by atoms with Gasteiger partial charge in [-0.25, -0.2) is 0 Å². The normalized spacial score (nSPS) is 11.2. The van der Waals surface area contributed by atoms with E-state index < -0.39 is 6.72 Å². The molecule has 0 aliphatic carbocycles. The second-order valence-corrected chi connectivity index (χ2v) is 10.1. The van der Waals surface area contributed by atoms with Gasteiger partial charge in [0.05, 0.1) is 0 Å². The van der Waals surface area contributed by atoms with Gasteiger partial charge in [0, 0.05) is 11.8 Å². The zero-order valence-corrected chi connectivity index (χ0v) is 19.5. The molecule has 0 saturated heterocycles. The van der Waals surface area contributed by atoms with Crippen molar-refractivity contribution >= 4 is 18.5 Å². The summed E-state index contributed by atoms with van der Waals surface area (Å²) in [6, 6.07) is 17.7. The maximum absolute atomic E-state index is 6.29. The minimum atomic E-state index is -3.19. The summed E-state index contributed by atoms with van der Waals surface area (Å²) in [5.41, 5.74) is 6.45. The number of hydrogen-bond acceptors (Lipinski definition) is 4. The highest BCUT2D eigenvalue weighted by Crippen LogP contribution is 2.52. The van der Waals surface area contributed by atoms with E-state index in [1.807, 2.05) is 96.1 Å². The van der Waals surface area contributed by atoms with Crippen molar-refractivity contribution in [1.82, 2.24) is 0 Å². The molecule has 0 amide bonds. The van der Waals surface area contributed by atoms with Crippen molar-refractivity contribution < 1.29 is 13.6 Å². The lowest BCUT2D eigenvalue weighted by atomic mass is 10.1. The van der Waals surface area contributed by atoms with Gasteiger partial charge in [-0.05, 0) is 93.1 Å². The van der Waals surface area contributed by atoms with Gasteiger partial charge in [0.1, 0.15) is 17.2 Å². The predicted molar refractivity (Wildman–Crippen MR) is 124 cm³/mol. The van der Waals surface area contributed by atoms with E-state index in [0.29, 0.717) is 17.2 Å². The molecule has 0 aliphatic rings. The third-order valence-corrected chi connectivity index (χ3v) is 7.23. The molecule has 5 heteroatoms. The van der Waals surface area contributed by atoms with Crippen LogP contribution in [0.4, 0.5) is 0 Å². The van der Waals surface area contributed by atoms with Crippen LogP contribution in [0, 0.1) is 41.5 Å². The Morgan fingerprint density at radius 3 is 1.07 bits per heavy atom. The van der Waals surface area contributed by atoms with Crippen molar-refractivity contribution in [2.45, 2.75) is 41.5 Å². The first-order valence-electron chi connectivity index (χ1n) is 9.57. The molecular weight excluding hydrogens is 399 g/mol. The van der Waals surface area contributed by atoms with Gasteiger partial charge in [-0.3, -0.25) is 0 Å². The largest absolute Gasteiger partial charge is 0.490 e. The lowest BCUT2D eigenvalue weighted by Crippen LogP contribution is -2.10. The van der Waals surface area contributed by atoms with Gasteiger partial charge in [0.25, 0.3) is 0 Å². The molecule has 0 heterocycles. The van der Waals surface area contributed by atoms with Crippen molar-refractivity contribution in [2.75, 3.05) is 0 Å². The minimum Gasteiger partial charge on any atom is -0.407 e. The van der Waals surface area contributed by atoms with E-state index in [0.717, 1.165) is 33.4 Å². The zero-order valence-electron chi connectivity index (χ0n) is 17.8. The molecule has 0 unspecified atom stereocenters. The SMILES string of the molecule is Cc1cccc(OP(=S)(Oc2cccc(C)c2C)Oc2cccc(C)c2C)c1C. The van der Waals surface area contributed by atoms with Crippen molar-refractivity contribution in [3.8, 4) is 17.2 Å². The average Bonchev–Trinajstić information content (AvgIpc) is 2.67. The molecule has 3 aromatic rings. The van der Waals surface area contributed by atoms with Gasteiger partial charge in [-0.1, -0.05) is 36.4 Å². The number of rotatable bonds is 6. The number of hydrogen-bond donors (Lipinski definition) is 0. The Hall–Kier alpha value is -2.29. The molecular formula is C24H27O3PS. The van der Waals surface area contributed by atoms with E-state index >= 15 is 0 Å². The fourth-order valence-electron chi connectivity index (χ4n) is 2.89. The number of benzene rings is 3. The first-order valence-corrected chi connectivity index (χ1v) is 12.1. The van der Waals surface area contributed by atoms with Crippen LogP contribution >= 0.6 is 6.72 Å². The van der Waals surface area contributed by atoms with Gasteiger partial charge in [0.2, 0.25) is 0 Å².